The second-order valence-electron chi connectivity index (χ2n) is 5.77. The fourth-order valence-corrected chi connectivity index (χ4v) is 2.93. The Hall–Kier alpha value is -2.34. The molecule has 1 aromatic heterocycles. The summed E-state index contributed by atoms with van der Waals surface area (Å²) in [7, 11) is 0. The van der Waals surface area contributed by atoms with Crippen LogP contribution in [-0.4, -0.2) is 33.1 Å². The Balaban J connectivity index is 1.77. The summed E-state index contributed by atoms with van der Waals surface area (Å²) < 4.78 is 5.42. The maximum Gasteiger partial charge on any atom is 0.255 e. The summed E-state index contributed by atoms with van der Waals surface area (Å²) in [5, 5.41) is 9.77. The normalized spacial score (nSPS) is 14.5. The van der Waals surface area contributed by atoms with E-state index in [1.54, 1.807) is 13.0 Å². The van der Waals surface area contributed by atoms with Gasteiger partial charge >= 0.3 is 0 Å². The van der Waals surface area contributed by atoms with Crippen molar-refractivity contribution >= 4 is 0 Å². The highest BCUT2D eigenvalue weighted by atomic mass is 16.5. The second kappa shape index (κ2) is 6.42. The topological polar surface area (TPSA) is 78.5 Å². The lowest BCUT2D eigenvalue weighted by Crippen LogP contribution is -2.35. The van der Waals surface area contributed by atoms with Crippen LogP contribution in [0.2, 0.25) is 0 Å². The molecule has 1 aliphatic heterocycles. The Morgan fingerprint density at radius 2 is 2.26 bits per heavy atom. The highest BCUT2D eigenvalue weighted by Gasteiger charge is 2.21. The van der Waals surface area contributed by atoms with Gasteiger partial charge in [0.2, 0.25) is 0 Å². The summed E-state index contributed by atoms with van der Waals surface area (Å²) in [6, 6.07) is 5.38. The fraction of sp³-hybridized carbons (Fsp3) is 0.412. The standard InChI is InChI=1S/C17H21N3O3/c1-3-23-16-8-12(4-5-15(16)21)9-20-7-6-14-13(10-20)17(22)19-11(2)18-14/h4-5,8,21H,3,6-7,9-10H2,1-2H3,(H,18,19,22). The van der Waals surface area contributed by atoms with E-state index in [4.69, 9.17) is 4.74 Å². The van der Waals surface area contributed by atoms with Crippen molar-refractivity contribution in [1.29, 1.82) is 0 Å². The molecule has 23 heavy (non-hydrogen) atoms. The van der Waals surface area contributed by atoms with E-state index in [2.05, 4.69) is 14.9 Å². The van der Waals surface area contributed by atoms with Crippen LogP contribution < -0.4 is 10.3 Å². The summed E-state index contributed by atoms with van der Waals surface area (Å²) >= 11 is 0. The molecule has 2 N–H and O–H groups in total. The third-order valence-corrected chi connectivity index (χ3v) is 4.00. The van der Waals surface area contributed by atoms with E-state index in [-0.39, 0.29) is 11.3 Å². The number of phenols is 1. The van der Waals surface area contributed by atoms with Gasteiger partial charge in [-0.15, -0.1) is 0 Å². The van der Waals surface area contributed by atoms with E-state index in [0.29, 0.717) is 31.3 Å². The Morgan fingerprint density at radius 1 is 1.43 bits per heavy atom. The van der Waals surface area contributed by atoms with E-state index >= 15 is 0 Å². The first-order valence-corrected chi connectivity index (χ1v) is 7.82. The number of benzene rings is 1. The number of aromatic hydroxyl groups is 1. The number of aryl methyl sites for hydroxylation is 1. The first-order valence-electron chi connectivity index (χ1n) is 7.82. The van der Waals surface area contributed by atoms with Gasteiger partial charge in [-0.1, -0.05) is 6.07 Å². The lowest BCUT2D eigenvalue weighted by molar-refractivity contribution is 0.240. The van der Waals surface area contributed by atoms with Gasteiger partial charge in [-0.2, -0.15) is 0 Å². The van der Waals surface area contributed by atoms with Crippen molar-refractivity contribution in [1.82, 2.24) is 14.9 Å². The number of H-pyrrole nitrogens is 1. The van der Waals surface area contributed by atoms with Crippen LogP contribution in [0.25, 0.3) is 0 Å². The lowest BCUT2D eigenvalue weighted by atomic mass is 10.1. The van der Waals surface area contributed by atoms with Crippen molar-refractivity contribution in [2.45, 2.75) is 33.4 Å². The van der Waals surface area contributed by atoms with Crippen molar-refractivity contribution < 1.29 is 9.84 Å². The Kier molecular flexibility index (Phi) is 4.34. The summed E-state index contributed by atoms with van der Waals surface area (Å²) in [5.74, 6) is 1.32. The van der Waals surface area contributed by atoms with Gasteiger partial charge in [0, 0.05) is 26.1 Å². The molecule has 0 aliphatic carbocycles. The van der Waals surface area contributed by atoms with Crippen molar-refractivity contribution in [3.05, 3.63) is 51.2 Å². The van der Waals surface area contributed by atoms with E-state index < -0.39 is 0 Å². The van der Waals surface area contributed by atoms with Crippen molar-refractivity contribution in [3.8, 4) is 11.5 Å². The molecular formula is C17H21N3O3. The first kappa shape index (κ1) is 15.6. The maximum absolute atomic E-state index is 12.1. The maximum atomic E-state index is 12.1. The van der Waals surface area contributed by atoms with E-state index in [0.717, 1.165) is 29.8 Å². The van der Waals surface area contributed by atoms with Crippen LogP contribution in [0.3, 0.4) is 0 Å². The Labute approximate surface area is 134 Å². The predicted octanol–water partition coefficient (Wildman–Crippen LogP) is 1.74. The largest absolute Gasteiger partial charge is 0.504 e. The van der Waals surface area contributed by atoms with Gasteiger partial charge in [0.05, 0.1) is 17.9 Å². The summed E-state index contributed by atoms with van der Waals surface area (Å²) in [4.78, 5) is 21.5. The molecule has 0 spiro atoms. The molecule has 0 fully saturated rings. The molecule has 0 atom stereocenters. The van der Waals surface area contributed by atoms with E-state index in [1.165, 1.54) is 0 Å². The Bertz CT molecular complexity index is 770. The van der Waals surface area contributed by atoms with Crippen molar-refractivity contribution in [2.24, 2.45) is 0 Å². The molecule has 1 aliphatic rings. The van der Waals surface area contributed by atoms with Crippen LogP contribution in [0.15, 0.2) is 23.0 Å². The smallest absolute Gasteiger partial charge is 0.255 e. The number of nitrogens with zero attached hydrogens (tertiary/aromatic N) is 2. The molecule has 6 nitrogen and oxygen atoms in total. The number of nitrogens with one attached hydrogen (secondary N) is 1. The average Bonchev–Trinajstić information content (AvgIpc) is 2.51. The van der Waals surface area contributed by atoms with Crippen molar-refractivity contribution in [2.75, 3.05) is 13.2 Å². The fourth-order valence-electron chi connectivity index (χ4n) is 2.93. The molecular weight excluding hydrogens is 294 g/mol. The quantitative estimate of drug-likeness (QED) is 0.898. The molecule has 0 saturated heterocycles. The van der Waals surface area contributed by atoms with Crippen LogP contribution in [0.1, 0.15) is 29.6 Å². The summed E-state index contributed by atoms with van der Waals surface area (Å²) in [6.07, 6.45) is 0.774. The number of ether oxygens (including phenoxy) is 1. The summed E-state index contributed by atoms with van der Waals surface area (Å²) in [5.41, 5.74) is 2.66. The van der Waals surface area contributed by atoms with Gasteiger partial charge in [0.1, 0.15) is 5.82 Å². The lowest BCUT2D eigenvalue weighted by Gasteiger charge is -2.27. The van der Waals surface area contributed by atoms with Crippen LogP contribution >= 0.6 is 0 Å². The number of aromatic nitrogens is 2. The van der Waals surface area contributed by atoms with Crippen LogP contribution in [0.4, 0.5) is 0 Å². The van der Waals surface area contributed by atoms with Gasteiger partial charge in [-0.05, 0) is 31.5 Å². The van der Waals surface area contributed by atoms with Gasteiger partial charge < -0.3 is 14.8 Å². The second-order valence-corrected chi connectivity index (χ2v) is 5.77. The number of fused-ring (bicyclic) bond motifs is 1. The molecule has 0 saturated carbocycles. The average molecular weight is 315 g/mol. The highest BCUT2D eigenvalue weighted by molar-refractivity contribution is 5.41. The van der Waals surface area contributed by atoms with E-state index in [9.17, 15) is 9.90 Å². The third kappa shape index (κ3) is 3.37. The molecule has 0 radical (unpaired) electrons. The Morgan fingerprint density at radius 3 is 3.04 bits per heavy atom. The monoisotopic (exact) mass is 315 g/mol. The molecule has 1 aromatic carbocycles. The zero-order valence-corrected chi connectivity index (χ0v) is 13.4. The molecule has 0 bridgehead atoms. The molecule has 3 rings (SSSR count). The third-order valence-electron chi connectivity index (χ3n) is 4.00. The summed E-state index contributed by atoms with van der Waals surface area (Å²) in [6.45, 7) is 6.34. The first-order chi connectivity index (χ1) is 11.1. The predicted molar refractivity (Wildman–Crippen MR) is 86.7 cm³/mol. The molecule has 122 valence electrons. The van der Waals surface area contributed by atoms with Gasteiger partial charge in [0.15, 0.2) is 11.5 Å². The minimum atomic E-state index is -0.0436. The van der Waals surface area contributed by atoms with Crippen LogP contribution in [0, 0.1) is 6.92 Å². The minimum absolute atomic E-state index is 0.0436. The van der Waals surface area contributed by atoms with Gasteiger partial charge in [-0.25, -0.2) is 4.98 Å². The SMILES string of the molecule is CCOc1cc(CN2CCc3nc(C)[nH]c(=O)c3C2)ccc1O. The number of hydrogen-bond donors (Lipinski definition) is 2. The molecule has 0 amide bonds. The van der Waals surface area contributed by atoms with Gasteiger partial charge in [0.25, 0.3) is 5.56 Å². The molecule has 2 heterocycles. The number of hydrogen-bond acceptors (Lipinski definition) is 5. The molecule has 0 unspecified atom stereocenters. The van der Waals surface area contributed by atoms with Crippen LogP contribution in [-0.2, 0) is 19.5 Å². The minimum Gasteiger partial charge on any atom is -0.504 e. The van der Waals surface area contributed by atoms with Crippen LogP contribution in [0.5, 0.6) is 11.5 Å². The van der Waals surface area contributed by atoms with Crippen molar-refractivity contribution in [3.63, 3.8) is 0 Å². The number of rotatable bonds is 4. The van der Waals surface area contributed by atoms with Gasteiger partial charge in [-0.3, -0.25) is 9.69 Å². The molecule has 6 heteroatoms. The van der Waals surface area contributed by atoms with E-state index in [1.807, 2.05) is 19.1 Å². The zero-order chi connectivity index (χ0) is 16.4. The number of aromatic amines is 1. The highest BCUT2D eigenvalue weighted by Crippen LogP contribution is 2.28. The number of phenolic OH excluding ortho intramolecular Hbond substituents is 1. The zero-order valence-electron chi connectivity index (χ0n) is 13.4. The molecule has 2 aromatic rings.